The van der Waals surface area contributed by atoms with Gasteiger partial charge in [0.05, 0.1) is 7.11 Å². The summed E-state index contributed by atoms with van der Waals surface area (Å²) in [5.74, 6) is 0.666. The topological polar surface area (TPSA) is 67.9 Å². The third-order valence-electron chi connectivity index (χ3n) is 5.18. The molecule has 2 amide bonds. The summed E-state index contributed by atoms with van der Waals surface area (Å²) in [6.07, 6.45) is 0.370. The molecule has 0 radical (unpaired) electrons. The maximum atomic E-state index is 13.3. The maximum absolute atomic E-state index is 13.3. The van der Waals surface area contributed by atoms with Crippen molar-refractivity contribution in [2.24, 2.45) is 0 Å². The molecule has 1 atom stereocenters. The van der Waals surface area contributed by atoms with Crippen LogP contribution in [0.1, 0.15) is 11.1 Å². The van der Waals surface area contributed by atoms with Crippen LogP contribution in [-0.2, 0) is 22.6 Å². The molecule has 172 valence electrons. The van der Waals surface area contributed by atoms with Crippen molar-refractivity contribution in [2.75, 3.05) is 20.8 Å². The molecule has 0 heterocycles. The van der Waals surface area contributed by atoms with Crippen molar-refractivity contribution in [3.8, 4) is 11.5 Å². The highest BCUT2D eigenvalue weighted by atomic mass is 35.5. The molecule has 0 spiro atoms. The number of hydrogen-bond acceptors (Lipinski definition) is 4. The zero-order valence-corrected chi connectivity index (χ0v) is 19.4. The summed E-state index contributed by atoms with van der Waals surface area (Å²) in [4.78, 5) is 27.8. The van der Waals surface area contributed by atoms with Crippen LogP contribution < -0.4 is 14.8 Å². The molecule has 3 rings (SSSR count). The quantitative estimate of drug-likeness (QED) is 0.488. The Kier molecular flexibility index (Phi) is 8.72. The SMILES string of the molecule is CNC(=O)[C@@H](Cc1ccccc1)N(Cc1cccc(Cl)c1)C(=O)COc1ccc(OC)cc1. The van der Waals surface area contributed by atoms with E-state index >= 15 is 0 Å². The minimum absolute atomic E-state index is 0.213. The highest BCUT2D eigenvalue weighted by Gasteiger charge is 2.30. The van der Waals surface area contributed by atoms with Gasteiger partial charge in [0.2, 0.25) is 5.91 Å². The Morgan fingerprint density at radius 2 is 1.61 bits per heavy atom. The van der Waals surface area contributed by atoms with E-state index in [0.29, 0.717) is 22.9 Å². The van der Waals surface area contributed by atoms with Crippen LogP contribution in [0.4, 0.5) is 0 Å². The molecular weight excluding hydrogens is 440 g/mol. The normalized spacial score (nSPS) is 11.4. The molecule has 0 unspecified atom stereocenters. The molecule has 0 aliphatic rings. The number of methoxy groups -OCH3 is 1. The molecular formula is C26H27ClN2O4. The largest absolute Gasteiger partial charge is 0.497 e. The number of carbonyl (C=O) groups is 2. The number of ether oxygens (including phenoxy) is 2. The Bertz CT molecular complexity index is 1060. The van der Waals surface area contributed by atoms with Gasteiger partial charge in [0, 0.05) is 25.0 Å². The number of benzene rings is 3. The molecule has 0 bridgehead atoms. The van der Waals surface area contributed by atoms with Gasteiger partial charge in [-0.3, -0.25) is 9.59 Å². The second-order valence-corrected chi connectivity index (χ2v) is 7.87. The van der Waals surface area contributed by atoms with Gasteiger partial charge in [0.1, 0.15) is 17.5 Å². The van der Waals surface area contributed by atoms with Gasteiger partial charge >= 0.3 is 0 Å². The number of nitrogens with zero attached hydrogens (tertiary/aromatic N) is 1. The molecule has 0 aliphatic carbocycles. The van der Waals surface area contributed by atoms with E-state index < -0.39 is 6.04 Å². The predicted octanol–water partition coefficient (Wildman–Crippen LogP) is 4.11. The number of carbonyl (C=O) groups excluding carboxylic acids is 2. The summed E-state index contributed by atoms with van der Waals surface area (Å²) >= 11 is 6.16. The molecule has 0 fully saturated rings. The van der Waals surface area contributed by atoms with Crippen molar-refractivity contribution in [3.63, 3.8) is 0 Å². The van der Waals surface area contributed by atoms with Crippen LogP contribution in [-0.4, -0.2) is 43.5 Å². The third-order valence-corrected chi connectivity index (χ3v) is 5.42. The van der Waals surface area contributed by atoms with E-state index in [-0.39, 0.29) is 25.0 Å². The predicted molar refractivity (Wildman–Crippen MR) is 128 cm³/mol. The zero-order valence-electron chi connectivity index (χ0n) is 18.7. The zero-order chi connectivity index (χ0) is 23.6. The fourth-order valence-electron chi connectivity index (χ4n) is 3.45. The van der Waals surface area contributed by atoms with Crippen LogP contribution in [0.5, 0.6) is 11.5 Å². The summed E-state index contributed by atoms with van der Waals surface area (Å²) in [5, 5.41) is 3.25. The van der Waals surface area contributed by atoms with E-state index in [4.69, 9.17) is 21.1 Å². The summed E-state index contributed by atoms with van der Waals surface area (Å²) in [6, 6.07) is 23.1. The Labute approximate surface area is 199 Å². The van der Waals surface area contributed by atoms with E-state index in [9.17, 15) is 9.59 Å². The number of nitrogens with one attached hydrogen (secondary N) is 1. The van der Waals surface area contributed by atoms with Gasteiger partial charge in [-0.15, -0.1) is 0 Å². The first-order chi connectivity index (χ1) is 16.0. The minimum atomic E-state index is -0.719. The van der Waals surface area contributed by atoms with Gasteiger partial charge in [0.15, 0.2) is 6.61 Å². The lowest BCUT2D eigenvalue weighted by molar-refractivity contribution is -0.142. The fraction of sp³-hybridized carbons (Fsp3) is 0.231. The Morgan fingerprint density at radius 1 is 0.939 bits per heavy atom. The monoisotopic (exact) mass is 466 g/mol. The third kappa shape index (κ3) is 6.99. The van der Waals surface area contributed by atoms with Crippen molar-refractivity contribution in [1.29, 1.82) is 0 Å². The number of likely N-dealkylation sites (N-methyl/N-ethyl adjacent to an activating group) is 1. The lowest BCUT2D eigenvalue weighted by atomic mass is 10.0. The number of hydrogen-bond donors (Lipinski definition) is 1. The molecule has 6 nitrogen and oxygen atoms in total. The maximum Gasteiger partial charge on any atom is 0.261 e. The van der Waals surface area contributed by atoms with Crippen molar-refractivity contribution < 1.29 is 19.1 Å². The van der Waals surface area contributed by atoms with Crippen molar-refractivity contribution in [1.82, 2.24) is 10.2 Å². The first-order valence-electron chi connectivity index (χ1n) is 10.6. The number of amides is 2. The van der Waals surface area contributed by atoms with E-state index in [1.54, 1.807) is 55.5 Å². The summed E-state index contributed by atoms with van der Waals surface area (Å²) in [6.45, 7) is 0.00542. The van der Waals surface area contributed by atoms with E-state index in [2.05, 4.69) is 5.32 Å². The van der Waals surface area contributed by atoms with E-state index in [1.807, 2.05) is 42.5 Å². The second kappa shape index (κ2) is 11.9. The Morgan fingerprint density at radius 3 is 2.24 bits per heavy atom. The molecule has 0 aliphatic heterocycles. The molecule has 0 saturated heterocycles. The highest BCUT2D eigenvalue weighted by molar-refractivity contribution is 6.30. The number of halogens is 1. The highest BCUT2D eigenvalue weighted by Crippen LogP contribution is 2.20. The lowest BCUT2D eigenvalue weighted by Crippen LogP contribution is -2.51. The van der Waals surface area contributed by atoms with Crippen molar-refractivity contribution in [2.45, 2.75) is 19.0 Å². The summed E-state index contributed by atoms with van der Waals surface area (Å²) < 4.78 is 10.9. The van der Waals surface area contributed by atoms with Crippen LogP contribution in [0.25, 0.3) is 0 Å². The lowest BCUT2D eigenvalue weighted by Gasteiger charge is -2.31. The first kappa shape index (κ1) is 24.1. The molecule has 7 heteroatoms. The van der Waals surface area contributed by atoms with Gasteiger partial charge in [0.25, 0.3) is 5.91 Å². The Balaban J connectivity index is 1.85. The smallest absolute Gasteiger partial charge is 0.261 e. The molecule has 3 aromatic carbocycles. The molecule has 0 saturated carbocycles. The summed E-state index contributed by atoms with van der Waals surface area (Å²) in [7, 11) is 3.15. The molecule has 33 heavy (non-hydrogen) atoms. The molecule has 1 N–H and O–H groups in total. The minimum Gasteiger partial charge on any atom is -0.497 e. The van der Waals surface area contributed by atoms with E-state index in [1.165, 1.54) is 0 Å². The van der Waals surface area contributed by atoms with Gasteiger partial charge in [-0.1, -0.05) is 54.1 Å². The van der Waals surface area contributed by atoms with Gasteiger partial charge in [-0.05, 0) is 47.5 Å². The first-order valence-corrected chi connectivity index (χ1v) is 10.9. The van der Waals surface area contributed by atoms with Gasteiger partial charge in [-0.2, -0.15) is 0 Å². The van der Waals surface area contributed by atoms with E-state index in [0.717, 1.165) is 11.1 Å². The number of rotatable bonds is 10. The molecule has 0 aromatic heterocycles. The average Bonchev–Trinajstić information content (AvgIpc) is 2.85. The average molecular weight is 467 g/mol. The van der Waals surface area contributed by atoms with Crippen LogP contribution in [0, 0.1) is 0 Å². The molecule has 3 aromatic rings. The van der Waals surface area contributed by atoms with Crippen LogP contribution >= 0.6 is 11.6 Å². The Hall–Kier alpha value is -3.51. The summed E-state index contributed by atoms with van der Waals surface area (Å²) in [5.41, 5.74) is 1.77. The van der Waals surface area contributed by atoms with Crippen molar-refractivity contribution in [3.05, 3.63) is 95.0 Å². The second-order valence-electron chi connectivity index (χ2n) is 7.44. The standard InChI is InChI=1S/C26H27ClN2O4/c1-28-26(31)24(16-19-7-4-3-5-8-19)29(17-20-9-6-10-21(27)15-20)25(30)18-33-23-13-11-22(32-2)12-14-23/h3-15,24H,16-18H2,1-2H3,(H,28,31)/t24-/m1/s1. The van der Waals surface area contributed by atoms with Gasteiger partial charge in [-0.25, -0.2) is 0 Å². The van der Waals surface area contributed by atoms with Crippen LogP contribution in [0.15, 0.2) is 78.9 Å². The van der Waals surface area contributed by atoms with Crippen molar-refractivity contribution >= 4 is 23.4 Å². The van der Waals surface area contributed by atoms with Gasteiger partial charge < -0.3 is 19.7 Å². The fourth-order valence-corrected chi connectivity index (χ4v) is 3.67. The van der Waals surface area contributed by atoms with Crippen LogP contribution in [0.3, 0.4) is 0 Å². The van der Waals surface area contributed by atoms with Crippen LogP contribution in [0.2, 0.25) is 5.02 Å².